The van der Waals surface area contributed by atoms with Crippen LogP contribution in [0, 0.1) is 0 Å². The Bertz CT molecular complexity index is 1450. The van der Waals surface area contributed by atoms with Gasteiger partial charge >= 0.3 is 0 Å². The molecule has 0 aliphatic carbocycles. The second kappa shape index (κ2) is 16.0. The first-order valence-corrected chi connectivity index (χ1v) is 14.3. The minimum atomic E-state index is -0.495. The van der Waals surface area contributed by atoms with Crippen LogP contribution in [0.15, 0.2) is 91.0 Å². The summed E-state index contributed by atoms with van der Waals surface area (Å²) in [5.41, 5.74) is 3.83. The van der Waals surface area contributed by atoms with E-state index in [1.165, 1.54) is 0 Å². The van der Waals surface area contributed by atoms with Gasteiger partial charge in [-0.15, -0.1) is 0 Å². The molecule has 9 nitrogen and oxygen atoms in total. The van der Waals surface area contributed by atoms with Crippen LogP contribution in [0.5, 0.6) is 28.7 Å². The first-order chi connectivity index (χ1) is 21.7. The fraction of sp³-hybridized carbons (Fsp3) is 0.314. The van der Waals surface area contributed by atoms with Gasteiger partial charge in [0.15, 0.2) is 31.2 Å². The van der Waals surface area contributed by atoms with Gasteiger partial charge in [0.1, 0.15) is 43.4 Å². The van der Waals surface area contributed by atoms with E-state index in [1.807, 2.05) is 91.0 Å². The highest BCUT2D eigenvalue weighted by Crippen LogP contribution is 2.45. The topological polar surface area (TPSA) is 83.1 Å². The summed E-state index contributed by atoms with van der Waals surface area (Å²) < 4.78 is 52.5. The van der Waals surface area contributed by atoms with Crippen molar-refractivity contribution in [1.29, 1.82) is 0 Å². The lowest BCUT2D eigenvalue weighted by Gasteiger charge is -2.35. The Kier molecular flexibility index (Phi) is 11.3. The summed E-state index contributed by atoms with van der Waals surface area (Å²) in [6.45, 7) is 1.03. The summed E-state index contributed by atoms with van der Waals surface area (Å²) in [7, 11) is 4.71. The first kappa shape index (κ1) is 31.2. The quantitative estimate of drug-likeness (QED) is 0.134. The summed E-state index contributed by atoms with van der Waals surface area (Å²) >= 11 is 0. The van der Waals surface area contributed by atoms with Crippen molar-refractivity contribution in [3.63, 3.8) is 0 Å². The third-order valence-corrected chi connectivity index (χ3v) is 6.98. The Morgan fingerprint density at radius 2 is 1.25 bits per heavy atom. The average Bonchev–Trinajstić information content (AvgIpc) is 3.07. The molecular formula is C35H38O9. The van der Waals surface area contributed by atoms with Crippen LogP contribution in [0.1, 0.15) is 28.4 Å². The molecule has 0 aromatic heterocycles. The first-order valence-electron chi connectivity index (χ1n) is 14.3. The number of hydrogen-bond acceptors (Lipinski definition) is 9. The lowest BCUT2D eigenvalue weighted by atomic mass is 9.93. The van der Waals surface area contributed by atoms with E-state index in [4.69, 9.17) is 42.6 Å². The van der Waals surface area contributed by atoms with E-state index in [0.29, 0.717) is 48.4 Å². The van der Waals surface area contributed by atoms with Crippen LogP contribution in [0.4, 0.5) is 0 Å². The highest BCUT2D eigenvalue weighted by molar-refractivity contribution is 5.53. The van der Waals surface area contributed by atoms with Crippen LogP contribution in [-0.4, -0.2) is 47.8 Å². The van der Waals surface area contributed by atoms with Gasteiger partial charge in [-0.2, -0.15) is 0 Å². The minimum Gasteiger partial charge on any atom is -0.489 e. The minimum absolute atomic E-state index is 0.0506. The number of benzene rings is 4. The van der Waals surface area contributed by atoms with Gasteiger partial charge in [-0.3, -0.25) is 0 Å². The second-order valence-corrected chi connectivity index (χ2v) is 10.1. The van der Waals surface area contributed by atoms with Crippen molar-refractivity contribution in [2.24, 2.45) is 0 Å². The van der Waals surface area contributed by atoms with Gasteiger partial charge in [0.25, 0.3) is 0 Å². The summed E-state index contributed by atoms with van der Waals surface area (Å²) in [4.78, 5) is 0. The Hall–Kier alpha value is -4.28. The number of rotatable bonds is 16. The van der Waals surface area contributed by atoms with Gasteiger partial charge in [-0.1, -0.05) is 66.7 Å². The number of fused-ring (bicyclic) bond motifs is 1. The van der Waals surface area contributed by atoms with Crippen LogP contribution >= 0.6 is 0 Å². The van der Waals surface area contributed by atoms with Crippen LogP contribution in [0.2, 0.25) is 0 Å². The molecule has 0 spiro atoms. The fourth-order valence-electron chi connectivity index (χ4n) is 4.87. The molecule has 44 heavy (non-hydrogen) atoms. The third-order valence-electron chi connectivity index (χ3n) is 6.98. The molecule has 0 amide bonds. The second-order valence-electron chi connectivity index (χ2n) is 10.1. The molecule has 0 radical (unpaired) electrons. The van der Waals surface area contributed by atoms with Crippen molar-refractivity contribution in [1.82, 2.24) is 0 Å². The molecule has 0 bridgehead atoms. The molecule has 0 N–H and O–H groups in total. The van der Waals surface area contributed by atoms with Crippen LogP contribution in [0.3, 0.4) is 0 Å². The van der Waals surface area contributed by atoms with Crippen molar-refractivity contribution in [2.45, 2.75) is 31.8 Å². The normalized spacial score (nSPS) is 15.6. The van der Waals surface area contributed by atoms with Crippen LogP contribution < -0.4 is 23.7 Å². The predicted octanol–water partition coefficient (Wildman–Crippen LogP) is 6.48. The predicted molar refractivity (Wildman–Crippen MR) is 163 cm³/mol. The molecule has 1 aliphatic heterocycles. The molecule has 2 atom stereocenters. The molecule has 0 unspecified atom stereocenters. The highest BCUT2D eigenvalue weighted by atomic mass is 16.7. The molecule has 4 aromatic rings. The van der Waals surface area contributed by atoms with Crippen molar-refractivity contribution < 1.29 is 42.6 Å². The van der Waals surface area contributed by atoms with Crippen molar-refractivity contribution >= 4 is 0 Å². The van der Waals surface area contributed by atoms with E-state index in [9.17, 15) is 0 Å². The zero-order valence-corrected chi connectivity index (χ0v) is 25.2. The van der Waals surface area contributed by atoms with Crippen LogP contribution in [-0.2, 0) is 38.6 Å². The number of hydrogen-bond donors (Lipinski definition) is 0. The lowest BCUT2D eigenvalue weighted by molar-refractivity contribution is -0.113. The molecule has 4 aromatic carbocycles. The maximum absolute atomic E-state index is 6.70. The van der Waals surface area contributed by atoms with Gasteiger partial charge < -0.3 is 42.6 Å². The highest BCUT2D eigenvalue weighted by Gasteiger charge is 2.35. The Morgan fingerprint density at radius 3 is 1.91 bits per heavy atom. The van der Waals surface area contributed by atoms with Gasteiger partial charge in [0, 0.05) is 45.4 Å². The fourth-order valence-corrected chi connectivity index (χ4v) is 4.87. The molecule has 232 valence electrons. The van der Waals surface area contributed by atoms with E-state index in [1.54, 1.807) is 21.3 Å². The molecule has 0 saturated carbocycles. The van der Waals surface area contributed by atoms with Gasteiger partial charge in [0.2, 0.25) is 0 Å². The van der Waals surface area contributed by atoms with Crippen molar-refractivity contribution in [2.75, 3.05) is 41.7 Å². The average molecular weight is 603 g/mol. The zero-order valence-electron chi connectivity index (χ0n) is 25.2. The maximum Gasteiger partial charge on any atom is 0.188 e. The van der Waals surface area contributed by atoms with E-state index in [-0.39, 0.29) is 20.4 Å². The third kappa shape index (κ3) is 8.21. The largest absolute Gasteiger partial charge is 0.489 e. The Balaban J connectivity index is 1.48. The Labute approximate surface area is 258 Å². The number of methoxy groups -OCH3 is 3. The molecule has 1 heterocycles. The summed E-state index contributed by atoms with van der Waals surface area (Å²) in [6, 6.07) is 29.5. The monoisotopic (exact) mass is 602 g/mol. The van der Waals surface area contributed by atoms with Crippen LogP contribution in [0.25, 0.3) is 0 Å². The molecule has 5 rings (SSSR count). The summed E-state index contributed by atoms with van der Waals surface area (Å²) in [5, 5.41) is 0. The maximum atomic E-state index is 6.70. The SMILES string of the molecule is COCOc1ccc([C@H]2Oc3cc(OCc4ccccc4)cc(OCc4ccccc4)c3C[C@H]2OCOC)cc1OCOC. The van der Waals surface area contributed by atoms with Crippen molar-refractivity contribution in [3.8, 4) is 28.7 Å². The van der Waals surface area contributed by atoms with E-state index < -0.39 is 12.2 Å². The van der Waals surface area contributed by atoms with Gasteiger partial charge in [-0.05, 0) is 28.8 Å². The smallest absolute Gasteiger partial charge is 0.188 e. The zero-order chi connectivity index (χ0) is 30.6. The summed E-state index contributed by atoms with van der Waals surface area (Å²) in [6.07, 6.45) is -0.369. The van der Waals surface area contributed by atoms with E-state index >= 15 is 0 Å². The summed E-state index contributed by atoms with van der Waals surface area (Å²) in [5.74, 6) is 2.98. The molecule has 0 fully saturated rings. The standard InChI is InChI=1S/C35H38O9/c1-36-22-41-30-15-14-27(16-33(30)42-23-37-2)35-34(43-24-38-3)19-29-31(40-21-26-12-8-5-9-13-26)17-28(18-32(29)44-35)39-20-25-10-6-4-7-11-25/h4-18,34-35H,19-24H2,1-3H3/t34-,35-/m1/s1. The molecule has 1 aliphatic rings. The lowest BCUT2D eigenvalue weighted by Crippen LogP contribution is -2.34. The molecule has 0 saturated heterocycles. The number of ether oxygens (including phenoxy) is 9. The van der Waals surface area contributed by atoms with E-state index in [2.05, 4.69) is 0 Å². The molecule has 9 heteroatoms. The van der Waals surface area contributed by atoms with Gasteiger partial charge in [0.05, 0.1) is 0 Å². The van der Waals surface area contributed by atoms with Gasteiger partial charge in [-0.25, -0.2) is 0 Å². The van der Waals surface area contributed by atoms with Crippen molar-refractivity contribution in [3.05, 3.63) is 113 Å². The Morgan fingerprint density at radius 1 is 0.614 bits per heavy atom. The van der Waals surface area contributed by atoms with E-state index in [0.717, 1.165) is 22.3 Å². The molecular weight excluding hydrogens is 564 g/mol.